The van der Waals surface area contributed by atoms with Crippen molar-refractivity contribution in [1.29, 1.82) is 0 Å². The Kier molecular flexibility index (Phi) is 4.21. The van der Waals surface area contributed by atoms with E-state index in [0.717, 1.165) is 24.5 Å². The molecule has 0 aliphatic heterocycles. The Labute approximate surface area is 119 Å². The first-order valence-electron chi connectivity index (χ1n) is 5.81. The molecule has 0 amide bonds. The zero-order chi connectivity index (χ0) is 13.8. The highest BCUT2D eigenvalue weighted by Crippen LogP contribution is 2.21. The van der Waals surface area contributed by atoms with Crippen LogP contribution in [0.3, 0.4) is 0 Å². The topological polar surface area (TPSA) is 67.2 Å². The number of rotatable bonds is 5. The molecule has 0 spiro atoms. The molecule has 0 aliphatic carbocycles. The summed E-state index contributed by atoms with van der Waals surface area (Å²) in [5.74, 6) is 0.0696. The van der Waals surface area contributed by atoms with Crippen molar-refractivity contribution in [2.75, 3.05) is 11.9 Å². The van der Waals surface area contributed by atoms with Gasteiger partial charge in [-0.25, -0.2) is 9.78 Å². The molecule has 5 nitrogen and oxygen atoms in total. The average Bonchev–Trinajstić information content (AvgIpc) is 2.75. The number of hydrogen-bond acceptors (Lipinski definition) is 3. The second-order valence-corrected chi connectivity index (χ2v) is 4.99. The van der Waals surface area contributed by atoms with Crippen LogP contribution in [0.15, 0.2) is 35.1 Å². The van der Waals surface area contributed by atoms with Gasteiger partial charge in [0.2, 0.25) is 0 Å². The van der Waals surface area contributed by atoms with E-state index in [4.69, 9.17) is 5.11 Å². The van der Waals surface area contributed by atoms with Gasteiger partial charge in [-0.05, 0) is 34.1 Å². The molecule has 2 rings (SSSR count). The molecule has 100 valence electrons. The lowest BCUT2D eigenvalue weighted by Crippen LogP contribution is -2.09. The van der Waals surface area contributed by atoms with Crippen molar-refractivity contribution in [3.05, 3.63) is 46.5 Å². The van der Waals surface area contributed by atoms with Gasteiger partial charge in [0, 0.05) is 42.6 Å². The van der Waals surface area contributed by atoms with E-state index in [-0.39, 0.29) is 5.56 Å². The van der Waals surface area contributed by atoms with E-state index in [1.165, 1.54) is 0 Å². The predicted molar refractivity (Wildman–Crippen MR) is 76.5 cm³/mol. The van der Waals surface area contributed by atoms with Gasteiger partial charge in [0.1, 0.15) is 5.82 Å². The van der Waals surface area contributed by atoms with Gasteiger partial charge in [-0.3, -0.25) is 0 Å². The monoisotopic (exact) mass is 323 g/mol. The van der Waals surface area contributed by atoms with Crippen LogP contribution in [-0.2, 0) is 13.5 Å². The molecule has 0 atom stereocenters. The standard InChI is InChI=1S/C13H14BrN3O2/c1-17-7-6-16-12(17)4-5-15-9-2-3-10(13(18)19)11(14)8-9/h2-3,6-8,15H,4-5H2,1H3,(H,18,19). The first-order valence-corrected chi connectivity index (χ1v) is 6.60. The SMILES string of the molecule is Cn1ccnc1CCNc1ccc(C(=O)O)c(Br)c1. The molecule has 0 saturated carbocycles. The number of aromatic nitrogens is 2. The third-order valence-corrected chi connectivity index (χ3v) is 3.45. The van der Waals surface area contributed by atoms with Crippen LogP contribution < -0.4 is 5.32 Å². The van der Waals surface area contributed by atoms with Crippen LogP contribution in [0.1, 0.15) is 16.2 Å². The summed E-state index contributed by atoms with van der Waals surface area (Å²) in [4.78, 5) is 15.1. The maximum atomic E-state index is 10.9. The van der Waals surface area contributed by atoms with Gasteiger partial charge in [0.05, 0.1) is 5.56 Å². The lowest BCUT2D eigenvalue weighted by molar-refractivity contribution is 0.0696. The number of aromatic carboxylic acids is 1. The molecular weight excluding hydrogens is 310 g/mol. The van der Waals surface area contributed by atoms with Crippen molar-refractivity contribution >= 4 is 27.6 Å². The number of imidazole rings is 1. The van der Waals surface area contributed by atoms with E-state index in [1.54, 1.807) is 24.4 Å². The normalized spacial score (nSPS) is 10.4. The molecule has 0 saturated heterocycles. The van der Waals surface area contributed by atoms with E-state index in [1.807, 2.05) is 17.8 Å². The number of nitrogens with one attached hydrogen (secondary N) is 1. The summed E-state index contributed by atoms with van der Waals surface area (Å²) in [5.41, 5.74) is 1.14. The van der Waals surface area contributed by atoms with Gasteiger partial charge < -0.3 is 15.0 Å². The van der Waals surface area contributed by atoms with E-state index < -0.39 is 5.97 Å². The highest BCUT2D eigenvalue weighted by Gasteiger charge is 2.08. The highest BCUT2D eigenvalue weighted by atomic mass is 79.9. The van der Waals surface area contributed by atoms with Crippen LogP contribution in [0, 0.1) is 0 Å². The second-order valence-electron chi connectivity index (χ2n) is 4.13. The van der Waals surface area contributed by atoms with Crippen LogP contribution in [0.2, 0.25) is 0 Å². The number of carboxylic acid groups (broad SMARTS) is 1. The number of nitrogens with zero attached hydrogens (tertiary/aromatic N) is 2. The summed E-state index contributed by atoms with van der Waals surface area (Å²) in [7, 11) is 1.96. The van der Waals surface area contributed by atoms with Crippen LogP contribution >= 0.6 is 15.9 Å². The Morgan fingerprint density at radius 2 is 2.32 bits per heavy atom. The number of benzene rings is 1. The minimum Gasteiger partial charge on any atom is -0.478 e. The summed E-state index contributed by atoms with van der Waals surface area (Å²) in [6, 6.07) is 5.10. The van der Waals surface area contributed by atoms with Gasteiger partial charge >= 0.3 is 5.97 Å². The molecule has 0 bridgehead atoms. The second kappa shape index (κ2) is 5.88. The minimum atomic E-state index is -0.938. The molecule has 0 radical (unpaired) electrons. The van der Waals surface area contributed by atoms with Gasteiger partial charge in [-0.15, -0.1) is 0 Å². The van der Waals surface area contributed by atoms with Gasteiger partial charge in [0.25, 0.3) is 0 Å². The third kappa shape index (κ3) is 3.35. The molecule has 1 heterocycles. The molecule has 0 unspecified atom stereocenters. The van der Waals surface area contributed by atoms with Gasteiger partial charge in [0.15, 0.2) is 0 Å². The highest BCUT2D eigenvalue weighted by molar-refractivity contribution is 9.10. The maximum Gasteiger partial charge on any atom is 0.336 e. The molecule has 0 aliphatic rings. The maximum absolute atomic E-state index is 10.9. The number of halogens is 1. The molecule has 1 aromatic heterocycles. The van der Waals surface area contributed by atoms with E-state index in [0.29, 0.717) is 4.47 Å². The Balaban J connectivity index is 1.95. The summed E-state index contributed by atoms with van der Waals surface area (Å²) < 4.78 is 2.55. The Morgan fingerprint density at radius 1 is 1.53 bits per heavy atom. The first kappa shape index (κ1) is 13.6. The number of anilines is 1. The Bertz CT molecular complexity index is 595. The number of carboxylic acids is 1. The molecule has 2 aromatic rings. The fraction of sp³-hybridized carbons (Fsp3) is 0.231. The van der Waals surface area contributed by atoms with Gasteiger partial charge in [-0.1, -0.05) is 0 Å². The average molecular weight is 324 g/mol. The molecular formula is C13H14BrN3O2. The third-order valence-electron chi connectivity index (χ3n) is 2.80. The predicted octanol–water partition coefficient (Wildman–Crippen LogP) is 2.54. The van der Waals surface area contributed by atoms with Crippen molar-refractivity contribution < 1.29 is 9.90 Å². The van der Waals surface area contributed by atoms with Crippen LogP contribution in [0.5, 0.6) is 0 Å². The minimum absolute atomic E-state index is 0.259. The lowest BCUT2D eigenvalue weighted by Gasteiger charge is -2.08. The van der Waals surface area contributed by atoms with Crippen LogP contribution in [0.25, 0.3) is 0 Å². The van der Waals surface area contributed by atoms with Crippen molar-refractivity contribution in [3.63, 3.8) is 0 Å². The van der Waals surface area contributed by atoms with E-state index in [2.05, 4.69) is 26.2 Å². The van der Waals surface area contributed by atoms with Gasteiger partial charge in [-0.2, -0.15) is 0 Å². The zero-order valence-corrected chi connectivity index (χ0v) is 12.0. The van der Waals surface area contributed by atoms with Crippen LogP contribution in [-0.4, -0.2) is 27.2 Å². The summed E-state index contributed by atoms with van der Waals surface area (Å²) in [6.45, 7) is 0.740. The molecule has 1 aromatic carbocycles. The number of hydrogen-bond donors (Lipinski definition) is 2. The fourth-order valence-corrected chi connectivity index (χ4v) is 2.30. The number of carbonyl (C=O) groups is 1. The van der Waals surface area contributed by atoms with E-state index >= 15 is 0 Å². The van der Waals surface area contributed by atoms with Crippen molar-refractivity contribution in [2.24, 2.45) is 7.05 Å². The zero-order valence-electron chi connectivity index (χ0n) is 10.4. The van der Waals surface area contributed by atoms with Crippen molar-refractivity contribution in [2.45, 2.75) is 6.42 Å². The fourth-order valence-electron chi connectivity index (χ4n) is 1.75. The molecule has 0 fully saturated rings. The number of aryl methyl sites for hydroxylation is 1. The molecule has 6 heteroatoms. The summed E-state index contributed by atoms with van der Waals surface area (Å²) in [5, 5.41) is 12.2. The molecule has 2 N–H and O–H groups in total. The Morgan fingerprint density at radius 3 is 2.89 bits per heavy atom. The Hall–Kier alpha value is -1.82. The largest absolute Gasteiger partial charge is 0.478 e. The first-order chi connectivity index (χ1) is 9.08. The molecule has 19 heavy (non-hydrogen) atoms. The van der Waals surface area contributed by atoms with Crippen LogP contribution in [0.4, 0.5) is 5.69 Å². The van der Waals surface area contributed by atoms with E-state index in [9.17, 15) is 4.79 Å². The van der Waals surface area contributed by atoms with Crippen molar-refractivity contribution in [1.82, 2.24) is 9.55 Å². The summed E-state index contributed by atoms with van der Waals surface area (Å²) >= 11 is 3.25. The summed E-state index contributed by atoms with van der Waals surface area (Å²) in [6.07, 6.45) is 4.49. The lowest BCUT2D eigenvalue weighted by atomic mass is 10.2. The van der Waals surface area contributed by atoms with Crippen molar-refractivity contribution in [3.8, 4) is 0 Å². The smallest absolute Gasteiger partial charge is 0.336 e. The quantitative estimate of drug-likeness (QED) is 0.887.